The molecule has 0 atom stereocenters. The number of para-hydroxylation sites is 1. The molecule has 0 aliphatic heterocycles. The first kappa shape index (κ1) is 8.97. The summed E-state index contributed by atoms with van der Waals surface area (Å²) in [5.74, 6) is 0.862. The molecule has 0 aliphatic rings. The first-order chi connectivity index (χ1) is 7.83. The minimum Gasteiger partial charge on any atom is -0.506 e. The average Bonchev–Trinajstić information content (AvgIpc) is 2.73. The molecule has 2 heterocycles. The van der Waals surface area contributed by atoms with E-state index in [1.165, 1.54) is 6.20 Å². The SMILES string of the molecule is Oc1ccc(-c2cc3ccccc3o2)nc1. The molecule has 3 nitrogen and oxygen atoms in total. The summed E-state index contributed by atoms with van der Waals surface area (Å²) in [6.07, 6.45) is 1.41. The Morgan fingerprint density at radius 2 is 1.94 bits per heavy atom. The fourth-order valence-corrected chi connectivity index (χ4v) is 1.64. The van der Waals surface area contributed by atoms with E-state index in [-0.39, 0.29) is 5.75 Å². The van der Waals surface area contributed by atoms with Crippen LogP contribution < -0.4 is 0 Å². The van der Waals surface area contributed by atoms with Crippen LogP contribution in [-0.4, -0.2) is 10.1 Å². The fourth-order valence-electron chi connectivity index (χ4n) is 1.64. The standard InChI is InChI=1S/C13H9NO2/c15-10-5-6-11(14-8-10)13-7-9-3-1-2-4-12(9)16-13/h1-8,15H. The van der Waals surface area contributed by atoms with E-state index in [1.54, 1.807) is 12.1 Å². The molecule has 0 spiro atoms. The van der Waals surface area contributed by atoms with Crippen molar-refractivity contribution in [3.63, 3.8) is 0 Å². The van der Waals surface area contributed by atoms with Gasteiger partial charge in [-0.05, 0) is 24.3 Å². The zero-order valence-electron chi connectivity index (χ0n) is 8.42. The van der Waals surface area contributed by atoms with Crippen LogP contribution in [0.4, 0.5) is 0 Å². The molecular formula is C13H9NO2. The normalized spacial score (nSPS) is 10.8. The third-order valence-corrected chi connectivity index (χ3v) is 2.43. The number of aromatic nitrogens is 1. The number of hydrogen-bond acceptors (Lipinski definition) is 3. The molecule has 0 amide bonds. The molecule has 0 radical (unpaired) electrons. The molecule has 1 aromatic carbocycles. The molecule has 3 heteroatoms. The number of rotatable bonds is 1. The molecule has 0 unspecified atom stereocenters. The second-order valence-electron chi connectivity index (χ2n) is 3.55. The van der Waals surface area contributed by atoms with Crippen molar-refractivity contribution >= 4 is 11.0 Å². The highest BCUT2D eigenvalue weighted by atomic mass is 16.3. The quantitative estimate of drug-likeness (QED) is 0.672. The van der Waals surface area contributed by atoms with E-state index in [0.29, 0.717) is 11.5 Å². The lowest BCUT2D eigenvalue weighted by molar-refractivity contribution is 0.472. The van der Waals surface area contributed by atoms with Gasteiger partial charge in [0.2, 0.25) is 0 Å². The van der Waals surface area contributed by atoms with Crippen LogP contribution in [-0.2, 0) is 0 Å². The zero-order chi connectivity index (χ0) is 11.0. The Hall–Kier alpha value is -2.29. The number of nitrogens with zero attached hydrogens (tertiary/aromatic N) is 1. The maximum absolute atomic E-state index is 9.15. The first-order valence-electron chi connectivity index (χ1n) is 4.97. The van der Waals surface area contributed by atoms with Crippen molar-refractivity contribution in [1.29, 1.82) is 0 Å². The minimum absolute atomic E-state index is 0.153. The van der Waals surface area contributed by atoms with Gasteiger partial charge in [0, 0.05) is 5.39 Å². The monoisotopic (exact) mass is 211 g/mol. The molecule has 0 aliphatic carbocycles. The highest BCUT2D eigenvalue weighted by Crippen LogP contribution is 2.26. The number of fused-ring (bicyclic) bond motifs is 1. The largest absolute Gasteiger partial charge is 0.506 e. The summed E-state index contributed by atoms with van der Waals surface area (Å²) in [6, 6.07) is 13.1. The molecule has 3 rings (SSSR count). The Bertz CT molecular complexity index is 593. The maximum atomic E-state index is 9.15. The lowest BCUT2D eigenvalue weighted by atomic mass is 10.2. The summed E-state index contributed by atoms with van der Waals surface area (Å²) < 4.78 is 5.65. The average molecular weight is 211 g/mol. The Morgan fingerprint density at radius 1 is 1.06 bits per heavy atom. The highest BCUT2D eigenvalue weighted by molar-refractivity contribution is 5.82. The minimum atomic E-state index is 0.153. The van der Waals surface area contributed by atoms with Crippen LogP contribution >= 0.6 is 0 Å². The molecule has 1 N–H and O–H groups in total. The number of benzene rings is 1. The second kappa shape index (κ2) is 3.38. The second-order valence-corrected chi connectivity index (χ2v) is 3.55. The summed E-state index contributed by atoms with van der Waals surface area (Å²) in [5, 5.41) is 10.2. The molecule has 0 saturated carbocycles. The van der Waals surface area contributed by atoms with Gasteiger partial charge in [-0.2, -0.15) is 0 Å². The third-order valence-electron chi connectivity index (χ3n) is 2.43. The Morgan fingerprint density at radius 3 is 2.69 bits per heavy atom. The number of furan rings is 1. The van der Waals surface area contributed by atoms with Gasteiger partial charge < -0.3 is 9.52 Å². The van der Waals surface area contributed by atoms with Crippen LogP contribution in [0.15, 0.2) is 53.1 Å². The molecule has 0 fully saturated rings. The van der Waals surface area contributed by atoms with Gasteiger partial charge in [-0.15, -0.1) is 0 Å². The summed E-state index contributed by atoms with van der Waals surface area (Å²) >= 11 is 0. The Labute approximate surface area is 92.0 Å². The van der Waals surface area contributed by atoms with Crippen molar-refractivity contribution in [2.45, 2.75) is 0 Å². The van der Waals surface area contributed by atoms with Gasteiger partial charge >= 0.3 is 0 Å². The van der Waals surface area contributed by atoms with Crippen LogP contribution in [0.5, 0.6) is 5.75 Å². The fraction of sp³-hybridized carbons (Fsp3) is 0. The van der Waals surface area contributed by atoms with Gasteiger partial charge in [0.1, 0.15) is 17.0 Å². The van der Waals surface area contributed by atoms with E-state index in [9.17, 15) is 0 Å². The van der Waals surface area contributed by atoms with E-state index in [1.807, 2.05) is 30.3 Å². The van der Waals surface area contributed by atoms with E-state index >= 15 is 0 Å². The van der Waals surface area contributed by atoms with Crippen LogP contribution in [0.25, 0.3) is 22.4 Å². The van der Waals surface area contributed by atoms with Gasteiger partial charge in [-0.3, -0.25) is 0 Å². The van der Waals surface area contributed by atoms with Gasteiger partial charge in [0.15, 0.2) is 5.76 Å². The number of pyridine rings is 1. The van der Waals surface area contributed by atoms with E-state index < -0.39 is 0 Å². The molecule has 78 valence electrons. The van der Waals surface area contributed by atoms with Crippen LogP contribution in [0.1, 0.15) is 0 Å². The van der Waals surface area contributed by atoms with E-state index in [2.05, 4.69) is 4.98 Å². The van der Waals surface area contributed by atoms with Crippen LogP contribution in [0.2, 0.25) is 0 Å². The lowest BCUT2D eigenvalue weighted by Crippen LogP contribution is -1.78. The first-order valence-corrected chi connectivity index (χ1v) is 4.97. The van der Waals surface area contributed by atoms with Gasteiger partial charge in [0.05, 0.1) is 6.20 Å². The maximum Gasteiger partial charge on any atom is 0.153 e. The van der Waals surface area contributed by atoms with Crippen LogP contribution in [0.3, 0.4) is 0 Å². The van der Waals surface area contributed by atoms with Crippen molar-refractivity contribution in [3.05, 3.63) is 48.7 Å². The summed E-state index contributed by atoms with van der Waals surface area (Å²) in [4.78, 5) is 4.10. The summed E-state index contributed by atoms with van der Waals surface area (Å²) in [6.45, 7) is 0. The van der Waals surface area contributed by atoms with Crippen molar-refractivity contribution in [3.8, 4) is 17.2 Å². The van der Waals surface area contributed by atoms with Gasteiger partial charge in [-0.1, -0.05) is 18.2 Å². The zero-order valence-corrected chi connectivity index (χ0v) is 8.42. The summed E-state index contributed by atoms with van der Waals surface area (Å²) in [5.41, 5.74) is 1.56. The van der Waals surface area contributed by atoms with Crippen molar-refractivity contribution < 1.29 is 9.52 Å². The molecule has 0 saturated heterocycles. The van der Waals surface area contributed by atoms with E-state index in [4.69, 9.17) is 9.52 Å². The van der Waals surface area contributed by atoms with Crippen LogP contribution in [0, 0.1) is 0 Å². The number of aromatic hydroxyl groups is 1. The van der Waals surface area contributed by atoms with Crippen molar-refractivity contribution in [2.75, 3.05) is 0 Å². The smallest absolute Gasteiger partial charge is 0.153 e. The molecule has 16 heavy (non-hydrogen) atoms. The highest BCUT2D eigenvalue weighted by Gasteiger charge is 2.06. The molecule has 0 bridgehead atoms. The van der Waals surface area contributed by atoms with Crippen molar-refractivity contribution in [2.24, 2.45) is 0 Å². The number of hydrogen-bond donors (Lipinski definition) is 1. The summed E-state index contributed by atoms with van der Waals surface area (Å²) in [7, 11) is 0. The molecular weight excluding hydrogens is 202 g/mol. The van der Waals surface area contributed by atoms with Gasteiger partial charge in [0.25, 0.3) is 0 Å². The Kier molecular flexibility index (Phi) is 1.90. The van der Waals surface area contributed by atoms with Crippen molar-refractivity contribution in [1.82, 2.24) is 4.98 Å². The predicted molar refractivity (Wildman–Crippen MR) is 61.1 cm³/mol. The third kappa shape index (κ3) is 1.42. The lowest BCUT2D eigenvalue weighted by Gasteiger charge is -1.94. The Balaban J connectivity index is 2.15. The molecule has 3 aromatic rings. The van der Waals surface area contributed by atoms with Gasteiger partial charge in [-0.25, -0.2) is 4.98 Å². The topological polar surface area (TPSA) is 46.3 Å². The molecule has 2 aromatic heterocycles. The van der Waals surface area contributed by atoms with E-state index in [0.717, 1.165) is 11.0 Å². The predicted octanol–water partition coefficient (Wildman–Crippen LogP) is 3.20.